The van der Waals surface area contributed by atoms with Crippen molar-refractivity contribution in [2.75, 3.05) is 4.90 Å². The Morgan fingerprint density at radius 1 is 0.290 bits per heavy atom. The molecule has 0 aliphatic heterocycles. The van der Waals surface area contributed by atoms with E-state index in [0.717, 1.165) is 50.1 Å². The topological polar surface area (TPSA) is 16.4 Å². The van der Waals surface area contributed by atoms with Crippen LogP contribution in [-0.4, -0.2) is 0 Å². The molecule has 0 unspecified atom stereocenters. The van der Waals surface area contributed by atoms with Gasteiger partial charge >= 0.3 is 0 Å². The van der Waals surface area contributed by atoms with Crippen LogP contribution in [0.2, 0.25) is 0 Å². The molecule has 11 aromatic carbocycles. The van der Waals surface area contributed by atoms with Crippen LogP contribution in [0.15, 0.2) is 241 Å². The van der Waals surface area contributed by atoms with E-state index in [1.165, 1.54) is 88.7 Å². The second-order valence-corrected chi connectivity index (χ2v) is 19.2. The van der Waals surface area contributed by atoms with E-state index in [1.807, 2.05) is 12.1 Å². The molecule has 0 N–H and O–H groups in total. The van der Waals surface area contributed by atoms with E-state index < -0.39 is 0 Å². The highest BCUT2D eigenvalue weighted by molar-refractivity contribution is 6.18. The van der Waals surface area contributed by atoms with Crippen molar-refractivity contribution < 1.29 is 4.42 Å². The third kappa shape index (κ3) is 6.19. The first-order chi connectivity index (χ1) is 33.9. The Morgan fingerprint density at radius 3 is 1.49 bits per heavy atom. The Labute approximate surface area is 402 Å². The molecule has 0 bridgehead atoms. The van der Waals surface area contributed by atoms with Gasteiger partial charge in [0.1, 0.15) is 11.2 Å². The molecule has 14 rings (SSSR count). The van der Waals surface area contributed by atoms with Crippen molar-refractivity contribution in [2.45, 2.75) is 19.3 Å². The lowest BCUT2D eigenvalue weighted by molar-refractivity contribution is 0.660. The Bertz CT molecular complexity index is 3980. The van der Waals surface area contributed by atoms with Crippen LogP contribution < -0.4 is 4.90 Å². The van der Waals surface area contributed by atoms with Gasteiger partial charge in [-0.05, 0) is 160 Å². The maximum Gasteiger partial charge on any atom is 0.136 e. The van der Waals surface area contributed by atoms with Crippen LogP contribution in [0.4, 0.5) is 17.1 Å². The van der Waals surface area contributed by atoms with E-state index in [4.69, 9.17) is 4.42 Å². The molecule has 69 heavy (non-hydrogen) atoms. The first-order valence-electron chi connectivity index (χ1n) is 24.0. The average molecular weight is 880 g/mol. The van der Waals surface area contributed by atoms with Crippen LogP contribution in [0, 0.1) is 0 Å². The summed E-state index contributed by atoms with van der Waals surface area (Å²) >= 11 is 0. The molecule has 0 saturated carbocycles. The number of benzene rings is 11. The fourth-order valence-electron chi connectivity index (χ4n) is 11.5. The number of fused-ring (bicyclic) bond motifs is 9. The normalized spacial score (nSPS) is 12.9. The van der Waals surface area contributed by atoms with Crippen LogP contribution in [-0.2, 0) is 5.41 Å². The molecule has 0 atom stereocenters. The zero-order valence-electron chi connectivity index (χ0n) is 38.4. The molecule has 0 saturated heterocycles. The van der Waals surface area contributed by atoms with Crippen molar-refractivity contribution in [3.63, 3.8) is 0 Å². The number of para-hydroxylation sites is 1. The molecular formula is C67H45NO. The summed E-state index contributed by atoms with van der Waals surface area (Å²) in [5, 5.41) is 4.93. The van der Waals surface area contributed by atoms with Crippen molar-refractivity contribution in [1.29, 1.82) is 0 Å². The van der Waals surface area contributed by atoms with Crippen LogP contribution >= 0.6 is 0 Å². The highest BCUT2D eigenvalue weighted by Crippen LogP contribution is 2.53. The SMILES string of the molecule is CC1(C)c2cc(-c3ccccc3)ccc2-c2ccc(N(c3ccc(-c4ccc(-c5ccc6c(c5)oc5ccccc56)cc4)cc3)c3ccc(-c4ccc5c6c(cccc46)-c4ccccc4-5)cc3)cc21. The standard InChI is InChI=1S/C67H45NO/c1-67(2)62-39-47(42-11-4-3-5-12-42)27-34-55(62)56-36-33-51(41-63(56)67)68(50-31-25-46(26-32-50)52-37-38-61-54-14-7-6-13-53(54)60-17-10-16-59(52)66(60)61)49-29-23-44(24-30-49)43-19-21-45(22-20-43)48-28-35-58-57-15-8-9-18-64(57)69-65(58)40-48/h3-41H,1-2H3. The minimum atomic E-state index is -0.190. The molecule has 2 nitrogen and oxygen atoms in total. The molecule has 2 heteroatoms. The van der Waals surface area contributed by atoms with Gasteiger partial charge in [-0.1, -0.05) is 190 Å². The molecule has 2 aliphatic carbocycles. The van der Waals surface area contributed by atoms with E-state index in [2.05, 4.69) is 243 Å². The lowest BCUT2D eigenvalue weighted by Gasteiger charge is -2.28. The zero-order valence-corrected chi connectivity index (χ0v) is 38.4. The summed E-state index contributed by atoms with van der Waals surface area (Å²) in [7, 11) is 0. The highest BCUT2D eigenvalue weighted by Gasteiger charge is 2.36. The van der Waals surface area contributed by atoms with Crippen LogP contribution in [0.3, 0.4) is 0 Å². The van der Waals surface area contributed by atoms with Crippen molar-refractivity contribution in [3.8, 4) is 77.9 Å². The molecule has 2 aliphatic rings. The van der Waals surface area contributed by atoms with Crippen molar-refractivity contribution >= 4 is 49.8 Å². The summed E-state index contributed by atoms with van der Waals surface area (Å²) in [6.07, 6.45) is 0. The summed E-state index contributed by atoms with van der Waals surface area (Å²) in [6.45, 7) is 4.76. The first-order valence-corrected chi connectivity index (χ1v) is 24.0. The Morgan fingerprint density at radius 2 is 0.754 bits per heavy atom. The van der Waals surface area contributed by atoms with Crippen molar-refractivity contribution in [2.24, 2.45) is 0 Å². The van der Waals surface area contributed by atoms with Gasteiger partial charge in [-0.2, -0.15) is 0 Å². The lowest BCUT2D eigenvalue weighted by Crippen LogP contribution is -2.16. The average Bonchev–Trinajstić information content (AvgIpc) is 4.02. The second kappa shape index (κ2) is 15.2. The van der Waals surface area contributed by atoms with Gasteiger partial charge in [-0.3, -0.25) is 0 Å². The fourth-order valence-corrected chi connectivity index (χ4v) is 11.5. The molecule has 0 radical (unpaired) electrons. The summed E-state index contributed by atoms with van der Waals surface area (Å²) in [5.41, 5.74) is 25.2. The number of furan rings is 1. The van der Waals surface area contributed by atoms with Gasteiger partial charge in [0.2, 0.25) is 0 Å². The van der Waals surface area contributed by atoms with Crippen LogP contribution in [0.25, 0.3) is 111 Å². The third-order valence-electron chi connectivity index (χ3n) is 15.1. The molecule has 0 fully saturated rings. The maximum absolute atomic E-state index is 6.23. The quantitative estimate of drug-likeness (QED) is 0.159. The first kappa shape index (κ1) is 39.4. The number of hydrogen-bond acceptors (Lipinski definition) is 2. The largest absolute Gasteiger partial charge is 0.456 e. The number of anilines is 3. The van der Waals surface area contributed by atoms with Gasteiger partial charge in [-0.15, -0.1) is 0 Å². The summed E-state index contributed by atoms with van der Waals surface area (Å²) in [4.78, 5) is 2.42. The maximum atomic E-state index is 6.23. The predicted molar refractivity (Wildman–Crippen MR) is 290 cm³/mol. The van der Waals surface area contributed by atoms with E-state index in [0.29, 0.717) is 0 Å². The number of hydrogen-bond donors (Lipinski definition) is 0. The molecule has 0 amide bonds. The van der Waals surface area contributed by atoms with E-state index in [9.17, 15) is 0 Å². The van der Waals surface area contributed by atoms with Gasteiger partial charge in [-0.25, -0.2) is 0 Å². The van der Waals surface area contributed by atoms with Crippen LogP contribution in [0.1, 0.15) is 25.0 Å². The monoisotopic (exact) mass is 879 g/mol. The minimum absolute atomic E-state index is 0.190. The van der Waals surface area contributed by atoms with Crippen molar-refractivity contribution in [3.05, 3.63) is 248 Å². The zero-order chi connectivity index (χ0) is 45.8. The van der Waals surface area contributed by atoms with E-state index >= 15 is 0 Å². The predicted octanol–water partition coefficient (Wildman–Crippen LogP) is 18.8. The molecule has 12 aromatic rings. The van der Waals surface area contributed by atoms with E-state index in [-0.39, 0.29) is 5.41 Å². The third-order valence-corrected chi connectivity index (χ3v) is 15.1. The Hall–Kier alpha value is -8.72. The smallest absolute Gasteiger partial charge is 0.136 e. The van der Waals surface area contributed by atoms with Gasteiger partial charge in [0, 0.05) is 33.2 Å². The molecule has 1 aromatic heterocycles. The summed E-state index contributed by atoms with van der Waals surface area (Å²) < 4.78 is 6.23. The molecular weight excluding hydrogens is 835 g/mol. The fraction of sp³-hybridized carbons (Fsp3) is 0.0448. The number of nitrogens with zero attached hydrogens (tertiary/aromatic N) is 1. The molecule has 0 spiro atoms. The lowest BCUT2D eigenvalue weighted by atomic mass is 9.81. The summed E-state index contributed by atoms with van der Waals surface area (Å²) in [6, 6.07) is 86.9. The van der Waals surface area contributed by atoms with Crippen LogP contribution in [0.5, 0.6) is 0 Å². The van der Waals surface area contributed by atoms with Gasteiger partial charge in [0.15, 0.2) is 0 Å². The number of rotatable bonds is 7. The van der Waals surface area contributed by atoms with Gasteiger partial charge in [0.05, 0.1) is 0 Å². The summed E-state index contributed by atoms with van der Waals surface area (Å²) in [5.74, 6) is 0. The second-order valence-electron chi connectivity index (χ2n) is 19.2. The Balaban J connectivity index is 0.831. The Kier molecular flexibility index (Phi) is 8.66. The molecule has 1 heterocycles. The van der Waals surface area contributed by atoms with Gasteiger partial charge in [0.25, 0.3) is 0 Å². The minimum Gasteiger partial charge on any atom is -0.456 e. The van der Waals surface area contributed by atoms with Gasteiger partial charge < -0.3 is 9.32 Å². The van der Waals surface area contributed by atoms with E-state index in [1.54, 1.807) is 0 Å². The highest BCUT2D eigenvalue weighted by atomic mass is 16.3. The van der Waals surface area contributed by atoms with Crippen molar-refractivity contribution in [1.82, 2.24) is 0 Å². The molecule has 324 valence electrons.